The molecule has 0 fully saturated rings. The molecule has 0 spiro atoms. The normalized spacial score (nSPS) is 11.3. The van der Waals surface area contributed by atoms with Gasteiger partial charge in [0.25, 0.3) is 0 Å². The monoisotopic (exact) mass is 567 g/mol. The van der Waals surface area contributed by atoms with Gasteiger partial charge >= 0.3 is 0 Å². The molecule has 0 aliphatic heterocycles. The van der Waals surface area contributed by atoms with Crippen molar-refractivity contribution in [3.05, 3.63) is 152 Å². The van der Waals surface area contributed by atoms with E-state index in [0.29, 0.717) is 5.82 Å². The van der Waals surface area contributed by atoms with Gasteiger partial charge in [0, 0.05) is 27.8 Å². The summed E-state index contributed by atoms with van der Waals surface area (Å²) in [6, 6.07) is 52.5. The Hall–Kier alpha value is -5.45. The molecule has 202 valence electrons. The Morgan fingerprint density at radius 2 is 0.930 bits per heavy atom. The SMILES string of the molecule is c1ccc(-c2cc(-c3ccccc3)nc(-c3ccc(-c4cccc5nc(-c6ccccc6)sc45)c4ccccc34)n2)cc1. The van der Waals surface area contributed by atoms with E-state index < -0.39 is 0 Å². The van der Waals surface area contributed by atoms with Gasteiger partial charge in [-0.1, -0.05) is 133 Å². The Bertz CT molecular complexity index is 2170. The lowest BCUT2D eigenvalue weighted by Crippen LogP contribution is -1.97. The van der Waals surface area contributed by atoms with Crippen LogP contribution in [0, 0.1) is 0 Å². The second-order valence-corrected chi connectivity index (χ2v) is 11.4. The molecule has 4 heteroatoms. The van der Waals surface area contributed by atoms with Crippen LogP contribution in [0.25, 0.3) is 76.6 Å². The number of fused-ring (bicyclic) bond motifs is 2. The minimum Gasteiger partial charge on any atom is -0.236 e. The first-order chi connectivity index (χ1) is 21.3. The van der Waals surface area contributed by atoms with Gasteiger partial charge in [-0.15, -0.1) is 11.3 Å². The molecule has 0 bridgehead atoms. The molecule has 3 nitrogen and oxygen atoms in total. The van der Waals surface area contributed by atoms with Gasteiger partial charge in [0.1, 0.15) is 5.01 Å². The Labute approximate surface area is 253 Å². The highest BCUT2D eigenvalue weighted by Gasteiger charge is 2.17. The van der Waals surface area contributed by atoms with Crippen molar-refractivity contribution in [3.8, 4) is 55.6 Å². The van der Waals surface area contributed by atoms with Gasteiger partial charge in [-0.2, -0.15) is 0 Å². The molecule has 6 aromatic carbocycles. The van der Waals surface area contributed by atoms with Crippen molar-refractivity contribution in [2.24, 2.45) is 0 Å². The lowest BCUT2D eigenvalue weighted by atomic mass is 9.94. The first-order valence-corrected chi connectivity index (χ1v) is 15.1. The lowest BCUT2D eigenvalue weighted by Gasteiger charge is -2.14. The van der Waals surface area contributed by atoms with Gasteiger partial charge in [-0.05, 0) is 34.5 Å². The van der Waals surface area contributed by atoms with Gasteiger partial charge in [-0.3, -0.25) is 0 Å². The van der Waals surface area contributed by atoms with E-state index in [2.05, 4.69) is 109 Å². The standard InChI is InChI=1S/C39H25N3S/c1-4-13-26(14-5-1)35-25-36(27-15-6-2-7-16-27)41-38(40-35)33-24-23-31(29-19-10-11-20-30(29)33)32-21-12-22-34-37(32)43-39(42-34)28-17-8-3-9-18-28/h1-25H. The minimum atomic E-state index is 0.713. The highest BCUT2D eigenvalue weighted by molar-refractivity contribution is 7.22. The lowest BCUT2D eigenvalue weighted by molar-refractivity contribution is 1.19. The zero-order chi connectivity index (χ0) is 28.6. The maximum Gasteiger partial charge on any atom is 0.161 e. The van der Waals surface area contributed by atoms with Crippen molar-refractivity contribution in [1.29, 1.82) is 0 Å². The van der Waals surface area contributed by atoms with E-state index in [1.807, 2.05) is 42.5 Å². The Morgan fingerprint density at radius 3 is 1.56 bits per heavy atom. The van der Waals surface area contributed by atoms with Gasteiger partial charge < -0.3 is 0 Å². The van der Waals surface area contributed by atoms with Crippen LogP contribution in [0.1, 0.15) is 0 Å². The quantitative estimate of drug-likeness (QED) is 0.208. The van der Waals surface area contributed by atoms with E-state index in [-0.39, 0.29) is 0 Å². The topological polar surface area (TPSA) is 38.7 Å². The molecule has 0 atom stereocenters. The molecule has 0 radical (unpaired) electrons. The number of hydrogen-bond donors (Lipinski definition) is 0. The van der Waals surface area contributed by atoms with Crippen LogP contribution in [0.15, 0.2) is 152 Å². The first-order valence-electron chi connectivity index (χ1n) is 14.3. The van der Waals surface area contributed by atoms with E-state index in [9.17, 15) is 0 Å². The van der Waals surface area contributed by atoms with Crippen LogP contribution in [0.2, 0.25) is 0 Å². The predicted octanol–water partition coefficient (Wildman–Crippen LogP) is 10.6. The van der Waals surface area contributed by atoms with Gasteiger partial charge in [0.2, 0.25) is 0 Å². The van der Waals surface area contributed by atoms with Crippen molar-refractivity contribution >= 4 is 32.3 Å². The fourth-order valence-electron chi connectivity index (χ4n) is 5.68. The number of benzene rings is 6. The Balaban J connectivity index is 1.32. The highest BCUT2D eigenvalue weighted by Crippen LogP contribution is 2.41. The molecule has 8 rings (SSSR count). The fourth-order valence-corrected chi connectivity index (χ4v) is 6.77. The van der Waals surface area contributed by atoms with Gasteiger partial charge in [-0.25, -0.2) is 15.0 Å². The molecular formula is C39H25N3S. The number of hydrogen-bond acceptors (Lipinski definition) is 4. The summed E-state index contributed by atoms with van der Waals surface area (Å²) in [5, 5.41) is 3.31. The number of rotatable bonds is 5. The summed E-state index contributed by atoms with van der Waals surface area (Å²) < 4.78 is 1.19. The molecule has 2 aromatic heterocycles. The summed E-state index contributed by atoms with van der Waals surface area (Å²) in [5.41, 5.74) is 9.46. The van der Waals surface area contributed by atoms with Crippen molar-refractivity contribution in [3.63, 3.8) is 0 Å². The molecule has 43 heavy (non-hydrogen) atoms. The maximum absolute atomic E-state index is 5.12. The van der Waals surface area contributed by atoms with Crippen LogP contribution in [0.5, 0.6) is 0 Å². The van der Waals surface area contributed by atoms with E-state index in [4.69, 9.17) is 15.0 Å². The van der Waals surface area contributed by atoms with Crippen molar-refractivity contribution in [1.82, 2.24) is 15.0 Å². The van der Waals surface area contributed by atoms with Crippen molar-refractivity contribution in [2.45, 2.75) is 0 Å². The van der Waals surface area contributed by atoms with Crippen LogP contribution in [0.4, 0.5) is 0 Å². The van der Waals surface area contributed by atoms with Crippen molar-refractivity contribution in [2.75, 3.05) is 0 Å². The molecule has 0 saturated carbocycles. The zero-order valence-electron chi connectivity index (χ0n) is 23.2. The molecule has 0 aliphatic carbocycles. The molecule has 0 unspecified atom stereocenters. The third kappa shape index (κ3) is 4.68. The summed E-state index contributed by atoms with van der Waals surface area (Å²) in [6.07, 6.45) is 0. The maximum atomic E-state index is 5.12. The van der Waals surface area contributed by atoms with Crippen LogP contribution in [-0.4, -0.2) is 15.0 Å². The van der Waals surface area contributed by atoms with Crippen LogP contribution >= 0.6 is 11.3 Å². The summed E-state index contributed by atoms with van der Waals surface area (Å²) in [6.45, 7) is 0. The summed E-state index contributed by atoms with van der Waals surface area (Å²) >= 11 is 1.74. The third-order valence-electron chi connectivity index (χ3n) is 7.76. The van der Waals surface area contributed by atoms with Crippen molar-refractivity contribution < 1.29 is 0 Å². The van der Waals surface area contributed by atoms with Crippen LogP contribution < -0.4 is 0 Å². The third-order valence-corrected chi connectivity index (χ3v) is 8.91. The fraction of sp³-hybridized carbons (Fsp3) is 0. The summed E-state index contributed by atoms with van der Waals surface area (Å²) in [5.74, 6) is 0.713. The average Bonchev–Trinajstić information content (AvgIpc) is 3.54. The molecule has 0 aliphatic rings. The van der Waals surface area contributed by atoms with Gasteiger partial charge in [0.15, 0.2) is 5.82 Å². The van der Waals surface area contributed by atoms with E-state index in [1.54, 1.807) is 11.3 Å². The molecule has 2 heterocycles. The summed E-state index contributed by atoms with van der Waals surface area (Å²) in [4.78, 5) is 15.2. The Morgan fingerprint density at radius 1 is 0.395 bits per heavy atom. The summed E-state index contributed by atoms with van der Waals surface area (Å²) in [7, 11) is 0. The second-order valence-electron chi connectivity index (χ2n) is 10.4. The largest absolute Gasteiger partial charge is 0.236 e. The zero-order valence-corrected chi connectivity index (χ0v) is 24.0. The second kappa shape index (κ2) is 10.8. The van der Waals surface area contributed by atoms with E-state index >= 15 is 0 Å². The molecule has 0 saturated heterocycles. The van der Waals surface area contributed by atoms with Crippen LogP contribution in [-0.2, 0) is 0 Å². The van der Waals surface area contributed by atoms with E-state index in [1.165, 1.54) is 15.8 Å². The molecule has 0 amide bonds. The van der Waals surface area contributed by atoms with Crippen LogP contribution in [0.3, 0.4) is 0 Å². The number of thiazole rings is 1. The highest BCUT2D eigenvalue weighted by atomic mass is 32.1. The molecule has 8 aromatic rings. The van der Waals surface area contributed by atoms with E-state index in [0.717, 1.165) is 54.9 Å². The number of aromatic nitrogens is 3. The predicted molar refractivity (Wildman–Crippen MR) is 180 cm³/mol. The Kier molecular flexibility index (Phi) is 6.32. The molecule has 0 N–H and O–H groups in total. The smallest absolute Gasteiger partial charge is 0.161 e. The first kappa shape index (κ1) is 25.3. The molecular weight excluding hydrogens is 543 g/mol. The minimum absolute atomic E-state index is 0.713. The average molecular weight is 568 g/mol. The van der Waals surface area contributed by atoms with Gasteiger partial charge in [0.05, 0.1) is 21.6 Å². The number of nitrogens with zero attached hydrogens (tertiary/aromatic N) is 3.